The van der Waals surface area contributed by atoms with Gasteiger partial charge in [-0.05, 0) is 38.5 Å². The van der Waals surface area contributed by atoms with Crippen molar-refractivity contribution < 1.29 is 0 Å². The Kier molecular flexibility index (Phi) is 10.3. The topological polar surface area (TPSA) is 0 Å². The lowest BCUT2D eigenvalue weighted by molar-refractivity contribution is 0.557. The van der Waals surface area contributed by atoms with E-state index in [9.17, 15) is 0 Å². The lowest BCUT2D eigenvalue weighted by Gasteiger charge is -2.25. The monoisotopic (exact) mass is 648 g/mol. The fourth-order valence-electron chi connectivity index (χ4n) is 2.04. The average Bonchev–Trinajstić information content (AvgIpc) is 2.36. The van der Waals surface area contributed by atoms with Crippen molar-refractivity contribution in [3.63, 3.8) is 0 Å². The Bertz CT molecular complexity index is 175. The van der Waals surface area contributed by atoms with Crippen LogP contribution in [0.25, 0.3) is 0 Å². The number of rotatable bonds is 0. The Hall–Kier alpha value is 2.88. The molecule has 6 atom stereocenters. The van der Waals surface area contributed by atoms with E-state index in [2.05, 4.69) is 95.6 Å². The summed E-state index contributed by atoms with van der Waals surface area (Å²) >= 11 is 22.9. The molecular weight excluding hydrogens is 635 g/mol. The first-order valence-corrected chi connectivity index (χ1v) is 11.8. The Morgan fingerprint density at radius 1 is 0.333 bits per heavy atom. The van der Waals surface area contributed by atoms with Crippen molar-refractivity contribution in [3.8, 4) is 0 Å². The van der Waals surface area contributed by atoms with Gasteiger partial charge in [0.1, 0.15) is 0 Å². The van der Waals surface area contributed by atoms with Crippen LogP contribution in [-0.2, 0) is 0 Å². The van der Waals surface area contributed by atoms with Gasteiger partial charge in [-0.15, -0.1) is 0 Å². The molecule has 0 N–H and O–H groups in total. The van der Waals surface area contributed by atoms with Gasteiger partial charge in [0.05, 0.1) is 0 Å². The third kappa shape index (κ3) is 6.76. The zero-order valence-electron chi connectivity index (χ0n) is 9.97. The molecule has 0 aromatic heterocycles. The third-order valence-electron chi connectivity index (χ3n) is 3.33. The number of hydrogen-bond acceptors (Lipinski definition) is 0. The maximum atomic E-state index is 3.82. The van der Waals surface area contributed by atoms with Gasteiger partial charge in [0.2, 0.25) is 0 Å². The summed E-state index contributed by atoms with van der Waals surface area (Å²) < 4.78 is 0. The molecular formula is C12H18Br6. The maximum Gasteiger partial charge on any atom is 0.0271 e. The smallest absolute Gasteiger partial charge is 0.0271 e. The molecule has 1 saturated carbocycles. The summed E-state index contributed by atoms with van der Waals surface area (Å²) in [6.45, 7) is 0. The number of halogens is 6. The molecule has 1 fully saturated rings. The van der Waals surface area contributed by atoms with E-state index in [-0.39, 0.29) is 0 Å². The van der Waals surface area contributed by atoms with E-state index in [1.807, 2.05) is 0 Å². The van der Waals surface area contributed by atoms with Gasteiger partial charge in [0.15, 0.2) is 0 Å². The maximum absolute atomic E-state index is 3.82. The highest BCUT2D eigenvalue weighted by Gasteiger charge is 2.25. The minimum absolute atomic E-state index is 0.560. The van der Waals surface area contributed by atoms with Crippen LogP contribution in [0.4, 0.5) is 0 Å². The number of hydrogen-bond donors (Lipinski definition) is 0. The molecule has 0 aromatic rings. The predicted octanol–water partition coefficient (Wildman–Crippen LogP) is 6.92. The van der Waals surface area contributed by atoms with Crippen LogP contribution in [0.5, 0.6) is 0 Å². The van der Waals surface area contributed by atoms with Crippen molar-refractivity contribution in [1.82, 2.24) is 0 Å². The molecule has 1 unspecified atom stereocenters. The minimum Gasteiger partial charge on any atom is -0.0879 e. The Morgan fingerprint density at radius 3 is 0.556 bits per heavy atom. The molecule has 1 rings (SSSR count). The van der Waals surface area contributed by atoms with Crippen molar-refractivity contribution in [2.24, 2.45) is 0 Å². The minimum atomic E-state index is 0.560. The van der Waals surface area contributed by atoms with Gasteiger partial charge in [0, 0.05) is 29.0 Å². The second-order valence-corrected chi connectivity index (χ2v) is 11.9. The molecule has 0 aliphatic heterocycles. The molecule has 6 heteroatoms. The summed E-state index contributed by atoms with van der Waals surface area (Å²) in [4.78, 5) is 3.36. The predicted molar refractivity (Wildman–Crippen MR) is 104 cm³/mol. The van der Waals surface area contributed by atoms with Crippen LogP contribution in [0.15, 0.2) is 0 Å². The van der Waals surface area contributed by atoms with Crippen LogP contribution in [0.1, 0.15) is 38.5 Å². The van der Waals surface area contributed by atoms with E-state index in [0.29, 0.717) is 29.0 Å². The van der Waals surface area contributed by atoms with E-state index < -0.39 is 0 Å². The zero-order valence-corrected chi connectivity index (χ0v) is 19.5. The first-order chi connectivity index (χ1) is 8.41. The van der Waals surface area contributed by atoms with Crippen molar-refractivity contribution in [2.45, 2.75) is 67.5 Å². The zero-order chi connectivity index (χ0) is 13.7. The average molecular weight is 654 g/mol. The molecule has 0 aromatic carbocycles. The molecule has 0 heterocycles. The highest BCUT2D eigenvalue weighted by molar-refractivity contribution is 9.13. The van der Waals surface area contributed by atoms with E-state index in [0.717, 1.165) is 0 Å². The SMILES string of the molecule is Br[13CH]1[13CH2][13CH2][13C@@H](Br)[13C@@H](Br)[13CH2][13CH2][13C@@H](Br)[13C@H](Br)[13CH2][13CH2][13C@H]1Br. The van der Waals surface area contributed by atoms with Crippen LogP contribution in [0, 0.1) is 0 Å². The lowest BCUT2D eigenvalue weighted by Crippen LogP contribution is -2.25. The standard InChI is InChI=1S/C12H18Br6/c13-7-1-2-8(14)10(16)5-6-12(18)11(17)4-3-9(7)15/h7-12H,1-6H2/t7-,8-,9-,10?,11+,12-/m1/s1/i1+1,2+1,3+1,4+1,5+1,6+1,7+1,8+1,9+1,10+1,11+1,12+1. The molecule has 0 nitrogen and oxygen atoms in total. The molecule has 1 aliphatic carbocycles. The summed E-state index contributed by atoms with van der Waals surface area (Å²) in [5.74, 6) is 0. The molecule has 0 bridgehead atoms. The third-order valence-corrected chi connectivity index (χ3v) is 12.0. The largest absolute Gasteiger partial charge is 0.0879 e. The highest BCUT2D eigenvalue weighted by atomic mass is 79.9. The summed E-state index contributed by atoms with van der Waals surface area (Å²) in [6.07, 6.45) is 7.24. The van der Waals surface area contributed by atoms with Crippen LogP contribution in [0.3, 0.4) is 0 Å². The van der Waals surface area contributed by atoms with Crippen LogP contribution in [0.2, 0.25) is 0 Å². The summed E-state index contributed by atoms with van der Waals surface area (Å²) in [5.41, 5.74) is 0. The Morgan fingerprint density at radius 2 is 0.444 bits per heavy atom. The van der Waals surface area contributed by atoms with Gasteiger partial charge in [-0.25, -0.2) is 0 Å². The Balaban J connectivity index is 2.61. The molecule has 0 saturated heterocycles. The first-order valence-electron chi connectivity index (χ1n) is 6.26. The van der Waals surface area contributed by atoms with E-state index in [1.54, 1.807) is 0 Å². The van der Waals surface area contributed by atoms with Gasteiger partial charge < -0.3 is 0 Å². The molecule has 0 spiro atoms. The fraction of sp³-hybridized carbons (Fsp3) is 1.00. The van der Waals surface area contributed by atoms with Crippen LogP contribution < -0.4 is 0 Å². The highest BCUT2D eigenvalue weighted by Crippen LogP contribution is 2.34. The van der Waals surface area contributed by atoms with Crippen molar-refractivity contribution >= 4 is 95.6 Å². The van der Waals surface area contributed by atoms with E-state index in [1.165, 1.54) is 38.5 Å². The van der Waals surface area contributed by atoms with Gasteiger partial charge >= 0.3 is 0 Å². The number of alkyl halides is 6. The van der Waals surface area contributed by atoms with Gasteiger partial charge in [-0.3, -0.25) is 0 Å². The second kappa shape index (κ2) is 9.81. The molecule has 108 valence electrons. The van der Waals surface area contributed by atoms with Crippen molar-refractivity contribution in [1.29, 1.82) is 0 Å². The second-order valence-electron chi connectivity index (χ2n) is 4.83. The summed E-state index contributed by atoms with van der Waals surface area (Å²) in [7, 11) is 0. The van der Waals surface area contributed by atoms with Gasteiger partial charge in [-0.1, -0.05) is 95.6 Å². The molecule has 0 radical (unpaired) electrons. The molecule has 18 heavy (non-hydrogen) atoms. The summed E-state index contributed by atoms with van der Waals surface area (Å²) in [5, 5.41) is 0. The van der Waals surface area contributed by atoms with Crippen LogP contribution in [-0.4, -0.2) is 29.0 Å². The quantitative estimate of drug-likeness (QED) is 0.197. The van der Waals surface area contributed by atoms with Crippen LogP contribution >= 0.6 is 95.6 Å². The molecule has 0 amide bonds. The van der Waals surface area contributed by atoms with E-state index in [4.69, 9.17) is 0 Å². The summed E-state index contributed by atoms with van der Waals surface area (Å²) in [6, 6.07) is 0. The normalized spacial score (nSPS) is 45.0. The van der Waals surface area contributed by atoms with E-state index >= 15 is 0 Å². The first kappa shape index (κ1) is 18.9. The lowest BCUT2D eigenvalue weighted by atomic mass is 11.0. The van der Waals surface area contributed by atoms with Gasteiger partial charge in [0.25, 0.3) is 0 Å². The fourth-order valence-corrected chi connectivity index (χ4v) is 5.21. The Labute approximate surface area is 161 Å². The van der Waals surface area contributed by atoms with Crippen molar-refractivity contribution in [3.05, 3.63) is 0 Å². The van der Waals surface area contributed by atoms with Gasteiger partial charge in [-0.2, -0.15) is 0 Å². The molecule has 1 aliphatic rings. The van der Waals surface area contributed by atoms with Crippen molar-refractivity contribution in [2.75, 3.05) is 0 Å².